The summed E-state index contributed by atoms with van der Waals surface area (Å²) < 4.78 is 11.2. The van der Waals surface area contributed by atoms with Gasteiger partial charge >= 0.3 is 0 Å². The second-order valence-corrected chi connectivity index (χ2v) is 6.66. The van der Waals surface area contributed by atoms with Gasteiger partial charge in [0.15, 0.2) is 5.11 Å². The van der Waals surface area contributed by atoms with E-state index in [2.05, 4.69) is 26.6 Å². The van der Waals surface area contributed by atoms with Crippen molar-refractivity contribution < 1.29 is 19.1 Å². The third-order valence-corrected chi connectivity index (χ3v) is 4.06. The summed E-state index contributed by atoms with van der Waals surface area (Å²) in [6.45, 7) is 0.703. The van der Waals surface area contributed by atoms with Crippen LogP contribution in [0.25, 0.3) is 0 Å². The van der Waals surface area contributed by atoms with Gasteiger partial charge in [-0.15, -0.1) is 0 Å². The Hall–Kier alpha value is -2.49. The maximum Gasteiger partial charge on any atom is 0.261 e. The lowest BCUT2D eigenvalue weighted by Gasteiger charge is -2.13. The number of ether oxygens (including phenoxy) is 2. The number of nitrogens with one attached hydrogen (secondary N) is 2. The molecule has 142 valence electrons. The molecule has 2 aromatic rings. The van der Waals surface area contributed by atoms with E-state index < -0.39 is 11.8 Å². The Morgan fingerprint density at radius 1 is 1.19 bits per heavy atom. The largest absolute Gasteiger partial charge is 0.490 e. The van der Waals surface area contributed by atoms with Crippen LogP contribution in [-0.2, 0) is 4.74 Å². The Balaban J connectivity index is 2.07. The average molecular weight is 452 g/mol. The van der Waals surface area contributed by atoms with Crippen molar-refractivity contribution in [2.24, 2.45) is 5.73 Å². The second-order valence-electron chi connectivity index (χ2n) is 5.34. The summed E-state index contributed by atoms with van der Waals surface area (Å²) in [6, 6.07) is 11.6. The first-order valence-corrected chi connectivity index (χ1v) is 9.04. The molecule has 0 unspecified atom stereocenters. The van der Waals surface area contributed by atoms with E-state index >= 15 is 0 Å². The summed E-state index contributed by atoms with van der Waals surface area (Å²) in [5.41, 5.74) is 6.43. The van der Waals surface area contributed by atoms with Crippen LogP contribution >= 0.6 is 28.1 Å². The maximum atomic E-state index is 12.6. The number of carbonyl (C=O) groups is 2. The molecule has 0 fully saturated rings. The lowest BCUT2D eigenvalue weighted by Crippen LogP contribution is -2.34. The van der Waals surface area contributed by atoms with Crippen molar-refractivity contribution in [1.82, 2.24) is 5.32 Å². The van der Waals surface area contributed by atoms with E-state index in [1.54, 1.807) is 49.6 Å². The van der Waals surface area contributed by atoms with Crippen molar-refractivity contribution in [1.29, 1.82) is 0 Å². The molecule has 4 N–H and O–H groups in total. The standard InChI is InChI=1S/C18H18BrN3O4S/c1-25-7-8-26-15-6-5-12(19)10-14(15)17(24)22-18(27)21-13-4-2-3-11(9-13)16(20)23/h2-6,9-10H,7-8H2,1H3,(H2,20,23)(H2,21,22,24,27). The van der Waals surface area contributed by atoms with Gasteiger partial charge in [0.05, 0.1) is 12.2 Å². The van der Waals surface area contributed by atoms with Gasteiger partial charge in [-0.3, -0.25) is 14.9 Å². The van der Waals surface area contributed by atoms with Gasteiger partial charge in [0.1, 0.15) is 12.4 Å². The summed E-state index contributed by atoms with van der Waals surface area (Å²) >= 11 is 8.51. The van der Waals surface area contributed by atoms with Crippen molar-refractivity contribution in [2.45, 2.75) is 0 Å². The number of thiocarbonyl (C=S) groups is 1. The molecule has 0 aromatic heterocycles. The van der Waals surface area contributed by atoms with E-state index in [1.165, 1.54) is 0 Å². The fourth-order valence-electron chi connectivity index (χ4n) is 2.12. The summed E-state index contributed by atoms with van der Waals surface area (Å²) in [5, 5.41) is 5.50. The minimum absolute atomic E-state index is 0.0736. The molecule has 0 atom stereocenters. The second kappa shape index (κ2) is 10.0. The van der Waals surface area contributed by atoms with Crippen molar-refractivity contribution in [2.75, 3.05) is 25.6 Å². The van der Waals surface area contributed by atoms with Crippen LogP contribution in [0.3, 0.4) is 0 Å². The van der Waals surface area contributed by atoms with Crippen LogP contribution in [0, 0.1) is 0 Å². The fourth-order valence-corrected chi connectivity index (χ4v) is 2.70. The Morgan fingerprint density at radius 3 is 2.67 bits per heavy atom. The molecular weight excluding hydrogens is 434 g/mol. The van der Waals surface area contributed by atoms with Crippen molar-refractivity contribution in [3.8, 4) is 5.75 Å². The van der Waals surface area contributed by atoms with Crippen LogP contribution in [0.2, 0.25) is 0 Å². The number of hydrogen-bond acceptors (Lipinski definition) is 5. The summed E-state index contributed by atoms with van der Waals surface area (Å²) in [7, 11) is 1.57. The van der Waals surface area contributed by atoms with E-state index in [9.17, 15) is 9.59 Å². The predicted octanol–water partition coefficient (Wildman–Crippen LogP) is 2.70. The average Bonchev–Trinajstić information content (AvgIpc) is 2.63. The minimum Gasteiger partial charge on any atom is -0.490 e. The number of halogens is 1. The van der Waals surface area contributed by atoms with E-state index in [4.69, 9.17) is 27.4 Å². The molecule has 0 aliphatic carbocycles. The number of benzene rings is 2. The Kier molecular flexibility index (Phi) is 7.71. The van der Waals surface area contributed by atoms with Crippen LogP contribution < -0.4 is 21.1 Å². The monoisotopic (exact) mass is 451 g/mol. The number of primary amides is 1. The van der Waals surface area contributed by atoms with Gasteiger partial charge in [-0.05, 0) is 48.6 Å². The molecule has 0 spiro atoms. The number of anilines is 1. The quantitative estimate of drug-likeness (QED) is 0.441. The van der Waals surface area contributed by atoms with Gasteiger partial charge in [-0.25, -0.2) is 0 Å². The number of methoxy groups -OCH3 is 1. The van der Waals surface area contributed by atoms with Crippen LogP contribution in [0.5, 0.6) is 5.75 Å². The maximum absolute atomic E-state index is 12.6. The molecule has 0 radical (unpaired) electrons. The number of hydrogen-bond donors (Lipinski definition) is 3. The van der Waals surface area contributed by atoms with Gasteiger partial charge in [-0.2, -0.15) is 0 Å². The fraction of sp³-hybridized carbons (Fsp3) is 0.167. The van der Waals surface area contributed by atoms with Crippen LogP contribution in [0.15, 0.2) is 46.9 Å². The predicted molar refractivity (Wildman–Crippen MR) is 110 cm³/mol. The number of rotatable bonds is 7. The van der Waals surface area contributed by atoms with Gasteiger partial charge in [0.25, 0.3) is 5.91 Å². The molecule has 0 aliphatic rings. The first-order valence-electron chi connectivity index (χ1n) is 7.84. The number of nitrogens with two attached hydrogens (primary N) is 1. The molecule has 0 aliphatic heterocycles. The smallest absolute Gasteiger partial charge is 0.261 e. The highest BCUT2D eigenvalue weighted by atomic mass is 79.9. The Bertz CT molecular complexity index is 860. The minimum atomic E-state index is -0.555. The van der Waals surface area contributed by atoms with E-state index in [1.807, 2.05) is 0 Å². The highest BCUT2D eigenvalue weighted by Gasteiger charge is 2.15. The molecular formula is C18H18BrN3O4S. The van der Waals surface area contributed by atoms with Gasteiger partial charge in [0, 0.05) is 22.8 Å². The first-order chi connectivity index (χ1) is 12.9. The molecule has 27 heavy (non-hydrogen) atoms. The molecule has 0 bridgehead atoms. The van der Waals surface area contributed by atoms with Gasteiger partial charge in [0.2, 0.25) is 5.91 Å². The van der Waals surface area contributed by atoms with Crippen LogP contribution in [0.1, 0.15) is 20.7 Å². The lowest BCUT2D eigenvalue weighted by atomic mass is 10.2. The highest BCUT2D eigenvalue weighted by molar-refractivity contribution is 9.10. The normalized spacial score (nSPS) is 10.1. The molecule has 2 rings (SSSR count). The summed E-state index contributed by atoms with van der Waals surface area (Å²) in [5.74, 6) is -0.584. The molecule has 7 nitrogen and oxygen atoms in total. The summed E-state index contributed by atoms with van der Waals surface area (Å²) in [6.07, 6.45) is 0. The Morgan fingerprint density at radius 2 is 1.96 bits per heavy atom. The molecule has 0 heterocycles. The SMILES string of the molecule is COCCOc1ccc(Br)cc1C(=O)NC(=S)Nc1cccc(C(N)=O)c1. The highest BCUT2D eigenvalue weighted by Crippen LogP contribution is 2.23. The van der Waals surface area contributed by atoms with Crippen LogP contribution in [0.4, 0.5) is 5.69 Å². The van der Waals surface area contributed by atoms with Gasteiger partial charge < -0.3 is 20.5 Å². The number of carbonyl (C=O) groups excluding carboxylic acids is 2. The molecule has 2 amide bonds. The third kappa shape index (κ3) is 6.31. The van der Waals surface area contributed by atoms with Gasteiger partial charge in [-0.1, -0.05) is 22.0 Å². The molecule has 9 heteroatoms. The van der Waals surface area contributed by atoms with Crippen LogP contribution in [-0.4, -0.2) is 37.3 Å². The molecule has 0 saturated carbocycles. The zero-order valence-corrected chi connectivity index (χ0v) is 16.9. The Labute approximate surface area is 170 Å². The topological polar surface area (TPSA) is 103 Å². The van der Waals surface area contributed by atoms with E-state index in [0.29, 0.717) is 35.8 Å². The van der Waals surface area contributed by atoms with E-state index in [0.717, 1.165) is 4.47 Å². The van der Waals surface area contributed by atoms with Crippen molar-refractivity contribution in [3.63, 3.8) is 0 Å². The zero-order valence-electron chi connectivity index (χ0n) is 14.5. The lowest BCUT2D eigenvalue weighted by molar-refractivity contribution is 0.0967. The number of amides is 2. The molecule has 2 aromatic carbocycles. The molecule has 0 saturated heterocycles. The summed E-state index contributed by atoms with van der Waals surface area (Å²) in [4.78, 5) is 23.8. The first kappa shape index (κ1) is 20.8. The van der Waals surface area contributed by atoms with E-state index in [-0.39, 0.29) is 5.11 Å². The third-order valence-electron chi connectivity index (χ3n) is 3.36. The van der Waals surface area contributed by atoms with Crippen molar-refractivity contribution in [3.05, 3.63) is 58.1 Å². The zero-order chi connectivity index (χ0) is 19.8. The van der Waals surface area contributed by atoms with Crippen molar-refractivity contribution >= 4 is 50.8 Å².